The Morgan fingerprint density at radius 2 is 1.83 bits per heavy atom. The Labute approximate surface area is 362 Å². The lowest BCUT2D eigenvalue weighted by Crippen LogP contribution is -2.53. The molecule has 31 heteroatoms. The van der Waals surface area contributed by atoms with Crippen LogP contribution in [0.5, 0.6) is 0 Å². The molecule has 27 nitrogen and oxygen atoms in total. The van der Waals surface area contributed by atoms with Crippen molar-refractivity contribution in [2.45, 2.75) is 88.3 Å². The van der Waals surface area contributed by atoms with Gasteiger partial charge in [0.05, 0.1) is 38.2 Å². The minimum Gasteiger partial charge on any atom is -0.447 e. The number of alkyl halides is 2. The molecule has 0 bridgehead atoms. The first-order valence-electron chi connectivity index (χ1n) is 19.4. The van der Waals surface area contributed by atoms with Gasteiger partial charge in [-0.05, 0) is 18.8 Å². The Balaban J connectivity index is 1.10. The molecule has 5 rings (SSSR count). The molecule has 64 heavy (non-hydrogen) atoms. The number of H-pyrrole nitrogens is 1. The first-order valence-corrected chi connectivity index (χ1v) is 21.8. The number of amides is 5. The van der Waals surface area contributed by atoms with Crippen molar-refractivity contribution in [3.63, 3.8) is 0 Å². The molecule has 3 unspecified atom stereocenters. The Kier molecular flexibility index (Phi) is 17.7. The lowest BCUT2D eigenvalue weighted by atomic mass is 10.0. The predicted octanol–water partition coefficient (Wildman–Crippen LogP) is -1.16. The average molecular weight is 953 g/mol. The molecule has 2 fully saturated rings. The normalized spacial score (nSPS) is 23.3. The highest BCUT2D eigenvalue weighted by Crippen LogP contribution is 2.41. The fourth-order valence-corrected chi connectivity index (χ4v) is 7.38. The van der Waals surface area contributed by atoms with Gasteiger partial charge in [0.25, 0.3) is 5.56 Å². The van der Waals surface area contributed by atoms with Gasteiger partial charge in [-0.1, -0.05) is 13.8 Å². The number of primary amides is 1. The van der Waals surface area contributed by atoms with E-state index in [1.807, 2.05) is 4.98 Å². The van der Waals surface area contributed by atoms with Crippen LogP contribution in [0.4, 0.5) is 24.2 Å². The standard InChI is InChI=1S/C33H48F2N12O15P2/c1-15(2)22(36)28(50)43-18(4-3-6-39-31(37)51)27(49)38-7-9-57-33(53)45-25-23-26(41-13-40-25)47(14-42-23)29-17(34)10-16(60-29)11-58-63-62-24-19(12-59-64(54,55)56)61-30(21(24)35)46-8-5-20(48)44-32(46)52/h5,8,13-19,21-22,24,29-30,63H,3-4,6-7,9-12,36H2,1-2H3,(H,38,49)(H,43,50)(H3,37,39,51)(H,44,48,52)(H2,54,55,56)(H,40,41,45,53)/t16-,17+,18?,19+,21+,22?,24+,29+,30+/m0/s1. The number of nitrogens with two attached hydrogens (primary N) is 2. The van der Waals surface area contributed by atoms with E-state index in [1.54, 1.807) is 13.8 Å². The van der Waals surface area contributed by atoms with Gasteiger partial charge in [-0.15, -0.1) is 0 Å². The second-order valence-electron chi connectivity index (χ2n) is 14.6. The first-order chi connectivity index (χ1) is 30.3. The minimum absolute atomic E-state index is 0.0430. The van der Waals surface area contributed by atoms with Crippen LogP contribution >= 0.6 is 16.9 Å². The smallest absolute Gasteiger partial charge is 0.447 e. The van der Waals surface area contributed by atoms with Crippen molar-refractivity contribution in [1.82, 2.24) is 45.0 Å². The van der Waals surface area contributed by atoms with Gasteiger partial charge in [-0.25, -0.2) is 42.7 Å². The molecule has 11 N–H and O–H groups in total. The van der Waals surface area contributed by atoms with Gasteiger partial charge in [0.15, 0.2) is 44.6 Å². The number of nitrogens with zero attached hydrogens (tertiary/aromatic N) is 5. The zero-order valence-electron chi connectivity index (χ0n) is 34.0. The van der Waals surface area contributed by atoms with E-state index in [2.05, 4.69) is 40.7 Å². The van der Waals surface area contributed by atoms with Gasteiger partial charge in [0.1, 0.15) is 37.4 Å². The monoisotopic (exact) mass is 952 g/mol. The van der Waals surface area contributed by atoms with E-state index in [4.69, 9.17) is 44.5 Å². The SMILES string of the molecule is CC(C)C(N)C(=O)NC(CCCNC(N)=O)C(=O)NCCOC(=O)Nc1ncnc2c1ncn2[C@@H]1O[C@H](COPO[C@H]2[C@@H](F)[C@H](n3ccc(=O)[nH]c3=O)O[C@@H]2COP(=O)(O)O)C[C@H]1F. The van der Waals surface area contributed by atoms with Crippen molar-refractivity contribution >= 4 is 57.8 Å². The average Bonchev–Trinajstić information content (AvgIpc) is 3.92. The number of aromatic nitrogens is 6. The van der Waals surface area contributed by atoms with Gasteiger partial charge in [-0.3, -0.25) is 38.3 Å². The zero-order chi connectivity index (χ0) is 46.7. The van der Waals surface area contributed by atoms with Crippen LogP contribution in [0, 0.1) is 5.92 Å². The first kappa shape index (κ1) is 49.9. The van der Waals surface area contributed by atoms with Gasteiger partial charge < -0.3 is 60.5 Å². The van der Waals surface area contributed by atoms with Crippen LogP contribution < -0.4 is 44.0 Å². The van der Waals surface area contributed by atoms with E-state index < -0.39 is 114 Å². The van der Waals surface area contributed by atoms with E-state index in [1.165, 1.54) is 10.9 Å². The molecule has 2 aliphatic rings. The zero-order valence-corrected chi connectivity index (χ0v) is 35.9. The highest BCUT2D eigenvalue weighted by molar-refractivity contribution is 7.46. The molecule has 354 valence electrons. The number of anilines is 1. The maximum absolute atomic E-state index is 15.6. The van der Waals surface area contributed by atoms with Gasteiger partial charge in [0.2, 0.25) is 11.8 Å². The number of carbonyl (C=O) groups excluding carboxylic acids is 4. The molecular weight excluding hydrogens is 904 g/mol. The van der Waals surface area contributed by atoms with Crippen molar-refractivity contribution in [1.29, 1.82) is 0 Å². The number of phosphoric ester groups is 1. The largest absolute Gasteiger partial charge is 0.469 e. The molecule has 10 atom stereocenters. The molecule has 0 saturated carbocycles. The predicted molar refractivity (Wildman–Crippen MR) is 216 cm³/mol. The maximum atomic E-state index is 15.6. The number of imidazole rings is 1. The topological polar surface area (TPSA) is 380 Å². The van der Waals surface area contributed by atoms with Crippen LogP contribution in [-0.4, -0.2) is 138 Å². The fourth-order valence-electron chi connectivity index (χ4n) is 6.32. The second-order valence-corrected chi connectivity index (χ2v) is 16.5. The number of carbonyl (C=O) groups is 4. The van der Waals surface area contributed by atoms with Gasteiger partial charge in [-0.2, -0.15) is 0 Å². The Hall–Kier alpha value is -5.09. The molecule has 0 spiro atoms. The molecule has 3 aromatic heterocycles. The summed E-state index contributed by atoms with van der Waals surface area (Å²) < 4.78 is 76.3. The lowest BCUT2D eigenvalue weighted by molar-refractivity contribution is -0.130. The summed E-state index contributed by atoms with van der Waals surface area (Å²) in [6.45, 7) is 2.08. The summed E-state index contributed by atoms with van der Waals surface area (Å²) in [6.07, 6.45) is -7.99. The Morgan fingerprint density at radius 1 is 1.06 bits per heavy atom. The number of halogens is 2. The number of urea groups is 1. The lowest BCUT2D eigenvalue weighted by Gasteiger charge is -2.22. The van der Waals surface area contributed by atoms with Crippen molar-refractivity contribution in [2.24, 2.45) is 17.4 Å². The molecule has 2 saturated heterocycles. The van der Waals surface area contributed by atoms with Crippen molar-refractivity contribution in [3.05, 3.63) is 45.8 Å². The van der Waals surface area contributed by atoms with Crippen LogP contribution in [0.2, 0.25) is 0 Å². The summed E-state index contributed by atoms with van der Waals surface area (Å²) in [5, 5.41) is 9.96. The third-order valence-electron chi connectivity index (χ3n) is 9.55. The van der Waals surface area contributed by atoms with Crippen molar-refractivity contribution < 1.29 is 70.1 Å². The highest BCUT2D eigenvalue weighted by Gasteiger charge is 2.48. The number of nitrogens with one attached hydrogen (secondary N) is 5. The van der Waals surface area contributed by atoms with E-state index in [0.717, 1.165) is 23.2 Å². The molecule has 0 radical (unpaired) electrons. The number of fused-ring (bicyclic) bond motifs is 1. The summed E-state index contributed by atoms with van der Waals surface area (Å²) in [4.78, 5) is 105. The van der Waals surface area contributed by atoms with E-state index >= 15 is 8.78 Å². The van der Waals surface area contributed by atoms with Crippen LogP contribution in [0.1, 0.15) is 45.6 Å². The van der Waals surface area contributed by atoms with E-state index in [9.17, 15) is 33.3 Å². The van der Waals surface area contributed by atoms with E-state index in [-0.39, 0.29) is 62.0 Å². The summed E-state index contributed by atoms with van der Waals surface area (Å²) in [7, 11) is -5.96. The van der Waals surface area contributed by atoms with Gasteiger partial charge in [0, 0.05) is 25.2 Å². The van der Waals surface area contributed by atoms with Crippen molar-refractivity contribution in [3.8, 4) is 0 Å². The van der Waals surface area contributed by atoms with Crippen LogP contribution in [0.25, 0.3) is 11.2 Å². The minimum atomic E-state index is -5.03. The molecular formula is C33H48F2N12O15P2. The quantitative estimate of drug-likeness (QED) is 0.0423. The molecule has 0 aromatic carbocycles. The van der Waals surface area contributed by atoms with Crippen LogP contribution in [0.3, 0.4) is 0 Å². The van der Waals surface area contributed by atoms with Gasteiger partial charge >= 0.3 is 25.6 Å². The van der Waals surface area contributed by atoms with Crippen LogP contribution in [-0.2, 0) is 41.9 Å². The third kappa shape index (κ3) is 13.7. The molecule has 5 amide bonds. The number of hydrogen-bond donors (Lipinski definition) is 9. The molecule has 2 aliphatic heterocycles. The number of ether oxygens (including phenoxy) is 3. The number of hydrogen-bond acceptors (Lipinski definition) is 17. The summed E-state index contributed by atoms with van der Waals surface area (Å²) >= 11 is 0. The molecule has 0 aliphatic carbocycles. The summed E-state index contributed by atoms with van der Waals surface area (Å²) in [6, 6.07) is -1.69. The Bertz CT molecular complexity index is 2270. The Morgan fingerprint density at radius 3 is 2.53 bits per heavy atom. The fraction of sp³-hybridized carbons (Fsp3) is 0.606. The summed E-state index contributed by atoms with van der Waals surface area (Å²) in [5.41, 5.74) is 9.33. The van der Waals surface area contributed by atoms with E-state index in [0.29, 0.717) is 6.42 Å². The number of phosphoric acid groups is 1. The third-order valence-corrected chi connectivity index (χ3v) is 10.7. The molecule has 5 heterocycles. The molecule has 3 aromatic rings. The number of rotatable bonds is 22. The maximum Gasteiger partial charge on any atom is 0.469 e. The van der Waals surface area contributed by atoms with Crippen LogP contribution in [0.15, 0.2) is 34.5 Å². The summed E-state index contributed by atoms with van der Waals surface area (Å²) in [5.74, 6) is -1.44. The van der Waals surface area contributed by atoms with Crippen molar-refractivity contribution in [2.75, 3.05) is 38.2 Å². The highest BCUT2D eigenvalue weighted by atomic mass is 31.2. The second kappa shape index (κ2) is 22.7. The number of aromatic amines is 1.